The summed E-state index contributed by atoms with van der Waals surface area (Å²) in [4.78, 5) is 0. The van der Waals surface area contributed by atoms with Crippen molar-refractivity contribution >= 4 is 10.0 Å². The Morgan fingerprint density at radius 2 is 1.81 bits per heavy atom. The molecule has 0 aliphatic heterocycles. The highest BCUT2D eigenvalue weighted by Gasteiger charge is 2.62. The normalized spacial score (nSPS) is 22.2. The lowest BCUT2D eigenvalue weighted by atomic mass is 10.0. The van der Waals surface area contributed by atoms with E-state index in [-0.39, 0.29) is 24.8 Å². The van der Waals surface area contributed by atoms with Gasteiger partial charge < -0.3 is 0 Å². The molecule has 3 nitrogen and oxygen atoms in total. The molecule has 1 aromatic rings. The van der Waals surface area contributed by atoms with Gasteiger partial charge in [-0.1, -0.05) is 30.3 Å². The molecule has 6 heteroatoms. The van der Waals surface area contributed by atoms with E-state index >= 15 is 0 Å². The largest absolute Gasteiger partial charge is 0.259 e. The Balaban J connectivity index is 1.74. The van der Waals surface area contributed by atoms with Crippen LogP contribution in [0.15, 0.2) is 30.3 Å². The third kappa shape index (κ3) is 2.97. The first-order valence-electron chi connectivity index (χ1n) is 7.28. The number of halogens is 2. The molecule has 2 fully saturated rings. The molecule has 0 bridgehead atoms. The molecule has 2 aliphatic rings. The second kappa shape index (κ2) is 5.32. The molecule has 0 spiro atoms. The van der Waals surface area contributed by atoms with Crippen LogP contribution in [0.2, 0.25) is 0 Å². The van der Waals surface area contributed by atoms with Gasteiger partial charge in [-0.05, 0) is 43.6 Å². The van der Waals surface area contributed by atoms with E-state index in [1.807, 2.05) is 30.3 Å². The molecule has 0 radical (unpaired) electrons. The van der Waals surface area contributed by atoms with Crippen molar-refractivity contribution in [2.75, 3.05) is 0 Å². The fourth-order valence-electron chi connectivity index (χ4n) is 2.72. The first kappa shape index (κ1) is 14.9. The first-order chi connectivity index (χ1) is 9.95. The maximum Gasteiger partial charge on any atom is 0.259 e. The standard InChI is InChI=1S/C15H19F2NO2S/c16-14(17)15(8-9-15)21(19,20)18-13(12-6-7-12)10-11-4-2-1-3-5-11/h1-5,12-14,18H,6-10H2. The van der Waals surface area contributed by atoms with Crippen LogP contribution in [0.25, 0.3) is 0 Å². The Bertz CT molecular complexity index is 595. The van der Waals surface area contributed by atoms with Gasteiger partial charge in [0.1, 0.15) is 4.75 Å². The van der Waals surface area contributed by atoms with Gasteiger partial charge in [0.25, 0.3) is 6.43 Å². The van der Waals surface area contributed by atoms with Crippen LogP contribution in [0, 0.1) is 5.92 Å². The molecule has 1 unspecified atom stereocenters. The quantitative estimate of drug-likeness (QED) is 0.841. The predicted molar refractivity (Wildman–Crippen MR) is 76.7 cm³/mol. The van der Waals surface area contributed by atoms with Crippen molar-refractivity contribution in [1.29, 1.82) is 0 Å². The highest BCUT2D eigenvalue weighted by molar-refractivity contribution is 7.91. The molecule has 0 saturated heterocycles. The Labute approximate surface area is 123 Å². The van der Waals surface area contributed by atoms with E-state index in [2.05, 4.69) is 4.72 Å². The topological polar surface area (TPSA) is 46.2 Å². The molecule has 0 amide bonds. The minimum Gasteiger partial charge on any atom is -0.212 e. The van der Waals surface area contributed by atoms with Crippen LogP contribution >= 0.6 is 0 Å². The van der Waals surface area contributed by atoms with Crippen LogP contribution in [-0.4, -0.2) is 25.6 Å². The maximum atomic E-state index is 13.0. The smallest absolute Gasteiger partial charge is 0.212 e. The van der Waals surface area contributed by atoms with Crippen molar-refractivity contribution in [3.63, 3.8) is 0 Å². The average Bonchev–Trinajstić information content (AvgIpc) is 3.29. The van der Waals surface area contributed by atoms with Gasteiger partial charge in [0.05, 0.1) is 0 Å². The third-order valence-electron chi connectivity index (χ3n) is 4.47. The van der Waals surface area contributed by atoms with E-state index in [9.17, 15) is 17.2 Å². The summed E-state index contributed by atoms with van der Waals surface area (Å²) in [6.07, 6.45) is -0.217. The van der Waals surface area contributed by atoms with Crippen molar-refractivity contribution in [2.24, 2.45) is 5.92 Å². The molecular weight excluding hydrogens is 296 g/mol. The summed E-state index contributed by atoms with van der Waals surface area (Å²) < 4.78 is 51.4. The number of sulfonamides is 1. The number of alkyl halides is 2. The molecular formula is C15H19F2NO2S. The van der Waals surface area contributed by atoms with Crippen LogP contribution in [0.1, 0.15) is 31.2 Å². The highest BCUT2D eigenvalue weighted by atomic mass is 32.2. The first-order valence-corrected chi connectivity index (χ1v) is 8.77. The summed E-state index contributed by atoms with van der Waals surface area (Å²) in [6.45, 7) is 0. The number of hydrogen-bond donors (Lipinski definition) is 1. The van der Waals surface area contributed by atoms with Crippen LogP contribution in [0.4, 0.5) is 8.78 Å². The van der Waals surface area contributed by atoms with E-state index in [4.69, 9.17) is 0 Å². The maximum absolute atomic E-state index is 13.0. The van der Waals surface area contributed by atoms with Crippen molar-refractivity contribution < 1.29 is 17.2 Å². The molecule has 1 aromatic carbocycles. The Kier molecular flexibility index (Phi) is 3.78. The lowest BCUT2D eigenvalue weighted by molar-refractivity contribution is 0.132. The molecule has 2 aliphatic carbocycles. The van der Waals surface area contributed by atoms with Crippen LogP contribution in [0.3, 0.4) is 0 Å². The summed E-state index contributed by atoms with van der Waals surface area (Å²) in [7, 11) is -3.97. The predicted octanol–water partition coefficient (Wildman–Crippen LogP) is 2.72. The molecule has 0 aromatic heterocycles. The van der Waals surface area contributed by atoms with Gasteiger partial charge in [-0.3, -0.25) is 0 Å². The second-order valence-corrected chi connectivity index (χ2v) is 8.18. The Morgan fingerprint density at radius 3 is 2.29 bits per heavy atom. The number of benzene rings is 1. The van der Waals surface area contributed by atoms with Crippen molar-refractivity contribution in [3.8, 4) is 0 Å². The van der Waals surface area contributed by atoms with Gasteiger partial charge in [0, 0.05) is 6.04 Å². The SMILES string of the molecule is O=S(=O)(NC(Cc1ccccc1)C1CC1)C1(C(F)F)CC1. The molecule has 0 heterocycles. The van der Waals surface area contributed by atoms with Gasteiger partial charge in [-0.2, -0.15) is 0 Å². The Morgan fingerprint density at radius 1 is 1.19 bits per heavy atom. The molecule has 3 rings (SSSR count). The number of nitrogens with one attached hydrogen (secondary N) is 1. The lowest BCUT2D eigenvalue weighted by Gasteiger charge is -2.23. The lowest BCUT2D eigenvalue weighted by Crippen LogP contribution is -2.47. The zero-order valence-corrected chi connectivity index (χ0v) is 12.5. The number of rotatable bonds is 7. The van der Waals surface area contributed by atoms with Gasteiger partial charge in [-0.15, -0.1) is 0 Å². The summed E-state index contributed by atoms with van der Waals surface area (Å²) in [5.41, 5.74) is 1.03. The monoisotopic (exact) mass is 315 g/mol. The minimum atomic E-state index is -3.97. The Hall–Kier alpha value is -1.01. The van der Waals surface area contributed by atoms with Gasteiger partial charge in [-0.25, -0.2) is 21.9 Å². The summed E-state index contributed by atoms with van der Waals surface area (Å²) >= 11 is 0. The van der Waals surface area contributed by atoms with Crippen molar-refractivity contribution in [1.82, 2.24) is 4.72 Å². The second-order valence-electron chi connectivity index (χ2n) is 6.12. The van der Waals surface area contributed by atoms with E-state index < -0.39 is 21.2 Å². The van der Waals surface area contributed by atoms with Crippen molar-refractivity contribution in [2.45, 2.75) is 49.3 Å². The zero-order chi connectivity index (χ0) is 15.1. The summed E-state index contributed by atoms with van der Waals surface area (Å²) in [5.74, 6) is 0.272. The van der Waals surface area contributed by atoms with Crippen LogP contribution in [0.5, 0.6) is 0 Å². The van der Waals surface area contributed by atoms with Gasteiger partial charge in [0.2, 0.25) is 10.0 Å². The third-order valence-corrected chi connectivity index (χ3v) is 6.74. The van der Waals surface area contributed by atoms with E-state index in [0.29, 0.717) is 6.42 Å². The zero-order valence-electron chi connectivity index (χ0n) is 11.6. The number of hydrogen-bond acceptors (Lipinski definition) is 2. The van der Waals surface area contributed by atoms with Gasteiger partial charge in [0.15, 0.2) is 0 Å². The van der Waals surface area contributed by atoms with E-state index in [1.54, 1.807) is 0 Å². The average molecular weight is 315 g/mol. The summed E-state index contributed by atoms with van der Waals surface area (Å²) in [5, 5.41) is 0. The molecule has 2 saturated carbocycles. The van der Waals surface area contributed by atoms with Crippen LogP contribution in [-0.2, 0) is 16.4 Å². The van der Waals surface area contributed by atoms with Gasteiger partial charge >= 0.3 is 0 Å². The fraction of sp³-hybridized carbons (Fsp3) is 0.600. The molecule has 1 N–H and O–H groups in total. The van der Waals surface area contributed by atoms with E-state index in [0.717, 1.165) is 18.4 Å². The summed E-state index contributed by atoms with van der Waals surface area (Å²) in [6, 6.07) is 9.29. The van der Waals surface area contributed by atoms with E-state index in [1.165, 1.54) is 0 Å². The van der Waals surface area contributed by atoms with Crippen molar-refractivity contribution in [3.05, 3.63) is 35.9 Å². The highest BCUT2D eigenvalue weighted by Crippen LogP contribution is 2.48. The molecule has 116 valence electrons. The van der Waals surface area contributed by atoms with Crippen LogP contribution < -0.4 is 4.72 Å². The fourth-order valence-corrected chi connectivity index (χ4v) is 4.50. The minimum absolute atomic E-state index is 0.0583. The molecule has 21 heavy (non-hydrogen) atoms. The molecule has 1 atom stereocenters.